The van der Waals surface area contributed by atoms with Crippen LogP contribution in [0.3, 0.4) is 0 Å². The van der Waals surface area contributed by atoms with Crippen molar-refractivity contribution in [1.29, 1.82) is 0 Å². The Morgan fingerprint density at radius 2 is 2.40 bits per heavy atom. The summed E-state index contributed by atoms with van der Waals surface area (Å²) in [5.41, 5.74) is 1.41. The fraction of sp³-hybridized carbons (Fsp3) is 0.300. The highest BCUT2D eigenvalue weighted by atomic mass is 16.6. The van der Waals surface area contributed by atoms with Crippen LogP contribution in [0.5, 0.6) is 0 Å². The average Bonchev–Trinajstić information content (AvgIpc) is 2.20. The van der Waals surface area contributed by atoms with Crippen LogP contribution in [-0.2, 0) is 0 Å². The third-order valence-corrected chi connectivity index (χ3v) is 1.92. The molecule has 80 valence electrons. The summed E-state index contributed by atoms with van der Waals surface area (Å²) in [6.07, 6.45) is 5.25. The molecule has 0 radical (unpaired) electrons. The molecule has 1 heterocycles. The van der Waals surface area contributed by atoms with Gasteiger partial charge in [-0.25, -0.2) is 0 Å². The smallest absolute Gasteiger partial charge is 0.288 e. The summed E-state index contributed by atoms with van der Waals surface area (Å²) in [5, 5.41) is 19.1. The number of aromatic nitrogens is 1. The molecule has 1 aromatic heterocycles. The van der Waals surface area contributed by atoms with Gasteiger partial charge in [-0.2, -0.15) is 0 Å². The molecule has 0 bridgehead atoms. The Hall–Kier alpha value is -1.75. The molecule has 0 atom stereocenters. The Bertz CT molecular complexity index is 388. The summed E-state index contributed by atoms with van der Waals surface area (Å²) in [6.45, 7) is 1.85. The van der Waals surface area contributed by atoms with Crippen molar-refractivity contribution < 1.29 is 10.0 Å². The molecule has 1 N–H and O–H groups in total. The molecule has 0 aliphatic heterocycles. The third-order valence-electron chi connectivity index (χ3n) is 1.92. The van der Waals surface area contributed by atoms with Crippen LogP contribution in [0.2, 0.25) is 0 Å². The lowest BCUT2D eigenvalue weighted by Gasteiger charge is -1.98. The molecular weight excluding hydrogens is 196 g/mol. The molecular formula is C10H12N2O3. The summed E-state index contributed by atoms with van der Waals surface area (Å²) in [5.74, 6) is 0. The van der Waals surface area contributed by atoms with E-state index in [-0.39, 0.29) is 12.3 Å². The zero-order valence-electron chi connectivity index (χ0n) is 8.38. The van der Waals surface area contributed by atoms with Crippen LogP contribution in [0, 0.1) is 17.0 Å². The number of aliphatic hydroxyl groups is 1. The molecule has 0 spiro atoms. The van der Waals surface area contributed by atoms with Gasteiger partial charge in [0.15, 0.2) is 0 Å². The third kappa shape index (κ3) is 3.14. The lowest BCUT2D eigenvalue weighted by molar-refractivity contribution is -0.385. The molecule has 0 amide bonds. The Balaban J connectivity index is 2.95. The molecule has 0 aromatic carbocycles. The topological polar surface area (TPSA) is 76.3 Å². The van der Waals surface area contributed by atoms with Crippen molar-refractivity contribution in [3.05, 3.63) is 39.7 Å². The predicted octanol–water partition coefficient (Wildman–Crippen LogP) is 1.69. The van der Waals surface area contributed by atoms with Crippen molar-refractivity contribution in [1.82, 2.24) is 4.98 Å². The summed E-state index contributed by atoms with van der Waals surface area (Å²) in [7, 11) is 0. The second kappa shape index (κ2) is 5.21. The number of aryl methyl sites for hydroxylation is 1. The van der Waals surface area contributed by atoms with Crippen molar-refractivity contribution >= 4 is 11.8 Å². The van der Waals surface area contributed by atoms with Crippen molar-refractivity contribution in [2.24, 2.45) is 0 Å². The highest BCUT2D eigenvalue weighted by Gasteiger charge is 2.07. The Morgan fingerprint density at radius 1 is 1.67 bits per heavy atom. The minimum atomic E-state index is -0.476. The van der Waals surface area contributed by atoms with Crippen molar-refractivity contribution in [3.63, 3.8) is 0 Å². The van der Waals surface area contributed by atoms with Gasteiger partial charge >= 0.3 is 0 Å². The van der Waals surface area contributed by atoms with Gasteiger partial charge in [-0.1, -0.05) is 12.2 Å². The lowest BCUT2D eigenvalue weighted by Crippen LogP contribution is -1.93. The van der Waals surface area contributed by atoms with Crippen LogP contribution in [0.1, 0.15) is 17.7 Å². The highest BCUT2D eigenvalue weighted by molar-refractivity contribution is 5.54. The summed E-state index contributed by atoms with van der Waals surface area (Å²) in [4.78, 5) is 13.9. The molecule has 0 aliphatic rings. The zero-order chi connectivity index (χ0) is 11.3. The summed E-state index contributed by atoms with van der Waals surface area (Å²) in [6, 6.07) is 1.47. The Labute approximate surface area is 87.2 Å². The number of rotatable bonds is 4. The number of hydrogen-bond acceptors (Lipinski definition) is 4. The van der Waals surface area contributed by atoms with Crippen molar-refractivity contribution in [2.45, 2.75) is 13.3 Å². The first-order chi connectivity index (χ1) is 7.15. The minimum Gasteiger partial charge on any atom is -0.396 e. The van der Waals surface area contributed by atoms with E-state index in [9.17, 15) is 10.1 Å². The monoisotopic (exact) mass is 208 g/mol. The van der Waals surface area contributed by atoms with E-state index in [1.54, 1.807) is 19.1 Å². The molecule has 0 saturated carbocycles. The second-order valence-corrected chi connectivity index (χ2v) is 3.04. The molecule has 0 unspecified atom stereocenters. The molecule has 0 aliphatic carbocycles. The van der Waals surface area contributed by atoms with Crippen molar-refractivity contribution in [3.8, 4) is 0 Å². The van der Waals surface area contributed by atoms with Gasteiger partial charge in [0.05, 0.1) is 4.92 Å². The molecule has 0 saturated heterocycles. The van der Waals surface area contributed by atoms with E-state index in [0.717, 1.165) is 5.69 Å². The van der Waals surface area contributed by atoms with Gasteiger partial charge < -0.3 is 5.11 Å². The van der Waals surface area contributed by atoms with Crippen LogP contribution in [-0.4, -0.2) is 21.6 Å². The van der Waals surface area contributed by atoms with Crippen LogP contribution >= 0.6 is 0 Å². The van der Waals surface area contributed by atoms with Crippen LogP contribution in [0.4, 0.5) is 5.69 Å². The van der Waals surface area contributed by atoms with Gasteiger partial charge in [-0.15, -0.1) is 0 Å². The molecule has 5 heteroatoms. The predicted molar refractivity (Wildman–Crippen MR) is 56.4 cm³/mol. The maximum Gasteiger partial charge on any atom is 0.288 e. The van der Waals surface area contributed by atoms with Crippen LogP contribution < -0.4 is 0 Å². The largest absolute Gasteiger partial charge is 0.396 e. The van der Waals surface area contributed by atoms with E-state index >= 15 is 0 Å². The fourth-order valence-electron chi connectivity index (χ4n) is 1.09. The van der Waals surface area contributed by atoms with Gasteiger partial charge in [-0.3, -0.25) is 15.1 Å². The molecule has 15 heavy (non-hydrogen) atoms. The van der Waals surface area contributed by atoms with Gasteiger partial charge in [0.25, 0.3) is 5.69 Å². The van der Waals surface area contributed by atoms with E-state index in [2.05, 4.69) is 4.98 Å². The lowest BCUT2D eigenvalue weighted by atomic mass is 10.1. The van der Waals surface area contributed by atoms with E-state index in [1.165, 1.54) is 12.3 Å². The number of pyridine rings is 1. The fourth-order valence-corrected chi connectivity index (χ4v) is 1.09. The molecule has 0 fully saturated rings. The van der Waals surface area contributed by atoms with Crippen LogP contribution in [0.25, 0.3) is 6.08 Å². The standard InChI is InChI=1S/C10H12N2O3/c1-8-9(4-2-3-5-13)6-10(7-11-8)12(14)15/h2,4,6-7,13H,3,5H2,1H3. The van der Waals surface area contributed by atoms with Gasteiger partial charge in [0.1, 0.15) is 6.20 Å². The maximum atomic E-state index is 10.5. The number of hydrogen-bond donors (Lipinski definition) is 1. The molecule has 1 rings (SSSR count). The molecule has 5 nitrogen and oxygen atoms in total. The normalized spacial score (nSPS) is 10.8. The van der Waals surface area contributed by atoms with E-state index in [0.29, 0.717) is 12.0 Å². The van der Waals surface area contributed by atoms with E-state index < -0.39 is 4.92 Å². The van der Waals surface area contributed by atoms with Gasteiger partial charge in [0.2, 0.25) is 0 Å². The SMILES string of the molecule is Cc1ncc([N+](=O)[O-])cc1C=CCCO. The van der Waals surface area contributed by atoms with Gasteiger partial charge in [0, 0.05) is 23.9 Å². The Kier molecular flexibility index (Phi) is 3.93. The maximum absolute atomic E-state index is 10.5. The first kappa shape index (κ1) is 11.3. The second-order valence-electron chi connectivity index (χ2n) is 3.04. The number of nitro groups is 1. The quantitative estimate of drug-likeness (QED) is 0.603. The zero-order valence-corrected chi connectivity index (χ0v) is 8.38. The van der Waals surface area contributed by atoms with Crippen molar-refractivity contribution in [2.75, 3.05) is 6.61 Å². The first-order valence-corrected chi connectivity index (χ1v) is 4.53. The first-order valence-electron chi connectivity index (χ1n) is 4.53. The Morgan fingerprint density at radius 3 is 3.00 bits per heavy atom. The van der Waals surface area contributed by atoms with Gasteiger partial charge in [-0.05, 0) is 13.3 Å². The van der Waals surface area contributed by atoms with E-state index in [4.69, 9.17) is 5.11 Å². The summed E-state index contributed by atoms with van der Waals surface area (Å²) >= 11 is 0. The highest BCUT2D eigenvalue weighted by Crippen LogP contribution is 2.15. The minimum absolute atomic E-state index is 0.0238. The number of nitrogens with zero attached hydrogens (tertiary/aromatic N) is 2. The average molecular weight is 208 g/mol. The van der Waals surface area contributed by atoms with E-state index in [1.807, 2.05) is 0 Å². The molecule has 1 aromatic rings. The summed E-state index contributed by atoms with van der Waals surface area (Å²) < 4.78 is 0. The van der Waals surface area contributed by atoms with Crippen LogP contribution in [0.15, 0.2) is 18.3 Å². The number of aliphatic hydroxyl groups excluding tert-OH is 1.